The molecular formula is C21H14N4O2. The molecule has 27 heavy (non-hydrogen) atoms. The van der Waals surface area contributed by atoms with Crippen LogP contribution in [0.2, 0.25) is 0 Å². The first-order valence-corrected chi connectivity index (χ1v) is 8.48. The van der Waals surface area contributed by atoms with E-state index in [0.29, 0.717) is 27.9 Å². The van der Waals surface area contributed by atoms with Gasteiger partial charge >= 0.3 is 0 Å². The predicted molar refractivity (Wildman–Crippen MR) is 104 cm³/mol. The zero-order valence-electron chi connectivity index (χ0n) is 14.1. The molecule has 0 bridgehead atoms. The van der Waals surface area contributed by atoms with E-state index in [4.69, 9.17) is 0 Å². The van der Waals surface area contributed by atoms with Crippen LogP contribution in [0.3, 0.4) is 0 Å². The summed E-state index contributed by atoms with van der Waals surface area (Å²) in [5, 5.41) is 16.2. The number of aromatic nitrogens is 4. The molecule has 0 atom stereocenters. The molecule has 0 aliphatic rings. The van der Waals surface area contributed by atoms with Crippen LogP contribution in [0.4, 0.5) is 0 Å². The number of nitrogens with zero attached hydrogens (tertiary/aromatic N) is 4. The summed E-state index contributed by atoms with van der Waals surface area (Å²) in [6.07, 6.45) is 1.64. The summed E-state index contributed by atoms with van der Waals surface area (Å²) in [6.45, 7) is 0. The topological polar surface area (TPSA) is 72.9 Å². The second-order valence-electron chi connectivity index (χ2n) is 6.15. The average molecular weight is 354 g/mol. The van der Waals surface area contributed by atoms with Crippen molar-refractivity contribution in [2.75, 3.05) is 0 Å². The van der Waals surface area contributed by atoms with E-state index in [1.165, 1.54) is 9.25 Å². The van der Waals surface area contributed by atoms with Crippen LogP contribution in [0, 0.1) is 0 Å². The van der Waals surface area contributed by atoms with Crippen molar-refractivity contribution in [2.24, 2.45) is 0 Å². The lowest BCUT2D eigenvalue weighted by Crippen LogP contribution is -2.19. The van der Waals surface area contributed by atoms with Crippen LogP contribution >= 0.6 is 0 Å². The number of para-hydroxylation sites is 2. The van der Waals surface area contributed by atoms with E-state index in [-0.39, 0.29) is 16.8 Å². The lowest BCUT2D eigenvalue weighted by atomic mass is 10.2. The molecule has 3 heterocycles. The molecule has 0 spiro atoms. The van der Waals surface area contributed by atoms with Crippen molar-refractivity contribution in [3.05, 3.63) is 89.3 Å². The first-order chi connectivity index (χ1) is 13.3. The summed E-state index contributed by atoms with van der Waals surface area (Å²) < 4.78 is 2.89. The van der Waals surface area contributed by atoms with Gasteiger partial charge in [0.25, 0.3) is 5.56 Å². The van der Waals surface area contributed by atoms with Crippen LogP contribution in [-0.4, -0.2) is 24.4 Å². The molecule has 6 heteroatoms. The Morgan fingerprint density at radius 2 is 1.48 bits per heavy atom. The molecular weight excluding hydrogens is 340 g/mol. The monoisotopic (exact) mass is 354 g/mol. The average Bonchev–Trinajstić information content (AvgIpc) is 3.07. The van der Waals surface area contributed by atoms with Gasteiger partial charge in [0.1, 0.15) is 16.6 Å². The zero-order valence-corrected chi connectivity index (χ0v) is 14.1. The SMILES string of the molecule is O=c1c2c(O)n(-c3ccccc3)nc2c2cccnc2n1-c1ccccc1. The lowest BCUT2D eigenvalue weighted by molar-refractivity contribution is 0.438. The van der Waals surface area contributed by atoms with Crippen LogP contribution in [-0.2, 0) is 0 Å². The minimum Gasteiger partial charge on any atom is -0.493 e. The van der Waals surface area contributed by atoms with Gasteiger partial charge in [-0.05, 0) is 36.4 Å². The van der Waals surface area contributed by atoms with Gasteiger partial charge in [-0.3, -0.25) is 9.36 Å². The van der Waals surface area contributed by atoms with Crippen LogP contribution in [0.1, 0.15) is 0 Å². The third-order valence-corrected chi connectivity index (χ3v) is 4.55. The van der Waals surface area contributed by atoms with Crippen LogP contribution in [0.25, 0.3) is 33.3 Å². The van der Waals surface area contributed by atoms with Crippen LogP contribution < -0.4 is 5.56 Å². The lowest BCUT2D eigenvalue weighted by Gasteiger charge is -2.09. The van der Waals surface area contributed by atoms with Crippen molar-refractivity contribution in [2.45, 2.75) is 0 Å². The first-order valence-electron chi connectivity index (χ1n) is 8.48. The Bertz CT molecular complexity index is 1340. The summed E-state index contributed by atoms with van der Waals surface area (Å²) >= 11 is 0. The van der Waals surface area contributed by atoms with Gasteiger partial charge in [0, 0.05) is 11.6 Å². The van der Waals surface area contributed by atoms with Crippen molar-refractivity contribution >= 4 is 21.9 Å². The molecule has 0 fully saturated rings. The van der Waals surface area contributed by atoms with Crippen molar-refractivity contribution in [1.82, 2.24) is 19.3 Å². The van der Waals surface area contributed by atoms with Gasteiger partial charge in [-0.1, -0.05) is 36.4 Å². The molecule has 0 radical (unpaired) electrons. The fraction of sp³-hybridized carbons (Fsp3) is 0. The molecule has 2 aromatic carbocycles. The maximum atomic E-state index is 13.3. The Hall–Kier alpha value is -3.93. The van der Waals surface area contributed by atoms with Crippen LogP contribution in [0.15, 0.2) is 83.8 Å². The highest BCUT2D eigenvalue weighted by molar-refractivity contribution is 6.04. The highest BCUT2D eigenvalue weighted by atomic mass is 16.3. The fourth-order valence-corrected chi connectivity index (χ4v) is 3.33. The molecule has 0 amide bonds. The quantitative estimate of drug-likeness (QED) is 0.527. The van der Waals surface area contributed by atoms with E-state index >= 15 is 0 Å². The number of benzene rings is 2. The third-order valence-electron chi connectivity index (χ3n) is 4.55. The van der Waals surface area contributed by atoms with Gasteiger partial charge in [0.05, 0.1) is 11.4 Å². The van der Waals surface area contributed by atoms with Crippen molar-refractivity contribution in [3.8, 4) is 17.3 Å². The van der Waals surface area contributed by atoms with E-state index in [0.717, 1.165) is 0 Å². The van der Waals surface area contributed by atoms with E-state index in [9.17, 15) is 9.90 Å². The van der Waals surface area contributed by atoms with E-state index in [1.807, 2.05) is 66.7 Å². The normalized spacial score (nSPS) is 11.3. The van der Waals surface area contributed by atoms with Gasteiger partial charge in [-0.25, -0.2) is 4.98 Å². The standard InChI is InChI=1S/C21H14N4O2/c26-20-17-18(23-25(21(17)27)15-10-5-2-6-11-15)16-12-7-13-22-19(16)24(20)14-8-3-1-4-9-14/h1-13,27H. The number of pyridine rings is 2. The fourth-order valence-electron chi connectivity index (χ4n) is 3.33. The maximum Gasteiger partial charge on any atom is 0.271 e. The Morgan fingerprint density at radius 1 is 0.815 bits per heavy atom. The van der Waals surface area contributed by atoms with Crippen molar-refractivity contribution in [1.29, 1.82) is 0 Å². The molecule has 0 unspecified atom stereocenters. The second kappa shape index (κ2) is 5.81. The van der Waals surface area contributed by atoms with Gasteiger partial charge in [-0.15, -0.1) is 0 Å². The minimum absolute atomic E-state index is 0.170. The molecule has 0 aliphatic heterocycles. The number of fused-ring (bicyclic) bond motifs is 3. The van der Waals surface area contributed by atoms with E-state index < -0.39 is 0 Å². The first kappa shape index (κ1) is 15.3. The number of aromatic hydroxyl groups is 1. The van der Waals surface area contributed by atoms with E-state index in [2.05, 4.69) is 10.1 Å². The predicted octanol–water partition coefficient (Wildman–Crippen LogP) is 3.43. The molecule has 0 saturated carbocycles. The Labute approximate surface area is 153 Å². The number of rotatable bonds is 2. The summed E-state index contributed by atoms with van der Waals surface area (Å²) in [7, 11) is 0. The smallest absolute Gasteiger partial charge is 0.271 e. The Balaban J connectivity index is 1.97. The summed E-state index contributed by atoms with van der Waals surface area (Å²) in [5.74, 6) is -0.184. The second-order valence-corrected chi connectivity index (χ2v) is 6.15. The molecule has 0 saturated heterocycles. The summed E-state index contributed by atoms with van der Waals surface area (Å²) in [4.78, 5) is 17.7. The summed E-state index contributed by atoms with van der Waals surface area (Å²) in [6, 6.07) is 22.1. The van der Waals surface area contributed by atoms with Gasteiger partial charge in [0.2, 0.25) is 5.88 Å². The van der Waals surface area contributed by atoms with Crippen molar-refractivity contribution < 1.29 is 5.11 Å². The molecule has 1 N–H and O–H groups in total. The van der Waals surface area contributed by atoms with Gasteiger partial charge < -0.3 is 5.11 Å². The zero-order chi connectivity index (χ0) is 18.4. The largest absolute Gasteiger partial charge is 0.493 e. The molecule has 5 rings (SSSR count). The molecule has 5 aromatic rings. The van der Waals surface area contributed by atoms with Crippen LogP contribution in [0.5, 0.6) is 5.88 Å². The van der Waals surface area contributed by atoms with Gasteiger partial charge in [0.15, 0.2) is 0 Å². The highest BCUT2D eigenvalue weighted by Gasteiger charge is 2.21. The Morgan fingerprint density at radius 3 is 2.19 bits per heavy atom. The molecule has 3 aromatic heterocycles. The minimum atomic E-state index is -0.359. The van der Waals surface area contributed by atoms with Crippen molar-refractivity contribution in [3.63, 3.8) is 0 Å². The van der Waals surface area contributed by atoms with Gasteiger partial charge in [-0.2, -0.15) is 9.78 Å². The number of hydrogen-bond acceptors (Lipinski definition) is 4. The third kappa shape index (κ3) is 2.23. The Kier molecular flexibility index (Phi) is 3.30. The molecule has 130 valence electrons. The molecule has 0 aliphatic carbocycles. The maximum absolute atomic E-state index is 13.3. The summed E-state index contributed by atoms with van der Waals surface area (Å²) in [5.41, 5.74) is 1.92. The highest BCUT2D eigenvalue weighted by Crippen LogP contribution is 2.30. The molecule has 6 nitrogen and oxygen atoms in total. The van der Waals surface area contributed by atoms with E-state index in [1.54, 1.807) is 12.3 Å². The number of hydrogen-bond donors (Lipinski definition) is 1.